The molecule has 0 radical (unpaired) electrons. The molecular formula is C24H34IN5O2. The van der Waals surface area contributed by atoms with Crippen molar-refractivity contribution in [2.24, 2.45) is 4.99 Å². The number of carbonyl (C=O) groups excluding carboxylic acids is 2. The Balaban J connectivity index is 0.00000512. The summed E-state index contributed by atoms with van der Waals surface area (Å²) in [5, 5.41) is 12.1. The lowest BCUT2D eigenvalue weighted by Crippen LogP contribution is -2.38. The maximum atomic E-state index is 11.8. The average molecular weight is 551 g/mol. The number of halogens is 1. The van der Waals surface area contributed by atoms with Crippen molar-refractivity contribution in [3.63, 3.8) is 0 Å². The lowest BCUT2D eigenvalue weighted by atomic mass is 10.1. The number of rotatable bonds is 10. The van der Waals surface area contributed by atoms with Gasteiger partial charge in [0.2, 0.25) is 5.91 Å². The van der Waals surface area contributed by atoms with Crippen LogP contribution in [0.3, 0.4) is 0 Å². The Morgan fingerprint density at radius 3 is 2.44 bits per heavy atom. The number of nitrogens with zero attached hydrogens (tertiary/aromatic N) is 1. The summed E-state index contributed by atoms with van der Waals surface area (Å²) in [4.78, 5) is 28.2. The Morgan fingerprint density at radius 1 is 0.969 bits per heavy atom. The maximum absolute atomic E-state index is 11.8. The SMILES string of the molecule is CCCC(=O)Nc1cccc(CN=C(NCC)NCCc2cccc(C(=O)NC)c2)c1.I. The third-order valence-electron chi connectivity index (χ3n) is 4.57. The van der Waals surface area contributed by atoms with Crippen molar-refractivity contribution in [3.8, 4) is 0 Å². The predicted molar refractivity (Wildman–Crippen MR) is 142 cm³/mol. The normalized spacial score (nSPS) is 10.7. The third kappa shape index (κ3) is 9.67. The van der Waals surface area contributed by atoms with E-state index in [1.54, 1.807) is 13.1 Å². The number of amides is 2. The summed E-state index contributed by atoms with van der Waals surface area (Å²) in [6.07, 6.45) is 2.11. The average Bonchev–Trinajstić information content (AvgIpc) is 2.77. The van der Waals surface area contributed by atoms with Gasteiger partial charge in [0.05, 0.1) is 6.54 Å². The molecule has 0 aliphatic rings. The first-order chi connectivity index (χ1) is 15.0. The third-order valence-corrected chi connectivity index (χ3v) is 4.57. The first-order valence-corrected chi connectivity index (χ1v) is 10.8. The highest BCUT2D eigenvalue weighted by Crippen LogP contribution is 2.12. The van der Waals surface area contributed by atoms with Crippen LogP contribution in [0.4, 0.5) is 5.69 Å². The minimum Gasteiger partial charge on any atom is -0.357 e. The molecule has 2 aromatic carbocycles. The zero-order chi connectivity index (χ0) is 22.5. The van der Waals surface area contributed by atoms with Crippen LogP contribution < -0.4 is 21.3 Å². The van der Waals surface area contributed by atoms with Crippen molar-refractivity contribution in [3.05, 3.63) is 65.2 Å². The van der Waals surface area contributed by atoms with E-state index in [0.29, 0.717) is 25.1 Å². The summed E-state index contributed by atoms with van der Waals surface area (Å²) < 4.78 is 0. The molecule has 0 aliphatic heterocycles. The molecule has 0 unspecified atom stereocenters. The molecule has 7 nitrogen and oxygen atoms in total. The molecular weight excluding hydrogens is 517 g/mol. The van der Waals surface area contributed by atoms with Gasteiger partial charge < -0.3 is 21.3 Å². The van der Waals surface area contributed by atoms with E-state index >= 15 is 0 Å². The van der Waals surface area contributed by atoms with E-state index in [9.17, 15) is 9.59 Å². The molecule has 0 atom stereocenters. The molecule has 2 rings (SSSR count). The number of anilines is 1. The molecule has 0 saturated carbocycles. The molecule has 32 heavy (non-hydrogen) atoms. The van der Waals surface area contributed by atoms with Gasteiger partial charge in [0.25, 0.3) is 5.91 Å². The number of benzene rings is 2. The molecule has 0 aromatic heterocycles. The molecule has 2 amide bonds. The molecule has 0 heterocycles. The summed E-state index contributed by atoms with van der Waals surface area (Å²) in [5.41, 5.74) is 3.55. The van der Waals surface area contributed by atoms with Crippen LogP contribution in [0, 0.1) is 0 Å². The highest BCUT2D eigenvalue weighted by atomic mass is 127. The zero-order valence-electron chi connectivity index (χ0n) is 19.0. The Hall–Kier alpha value is -2.62. The summed E-state index contributed by atoms with van der Waals surface area (Å²) in [5.74, 6) is 0.668. The maximum Gasteiger partial charge on any atom is 0.251 e. The number of hydrogen-bond acceptors (Lipinski definition) is 3. The Bertz CT molecular complexity index is 901. The number of hydrogen-bond donors (Lipinski definition) is 4. The van der Waals surface area contributed by atoms with Gasteiger partial charge in [0, 0.05) is 37.8 Å². The van der Waals surface area contributed by atoms with Gasteiger partial charge in [-0.15, -0.1) is 24.0 Å². The van der Waals surface area contributed by atoms with Crippen LogP contribution in [0.2, 0.25) is 0 Å². The number of nitrogens with one attached hydrogen (secondary N) is 4. The van der Waals surface area contributed by atoms with Crippen LogP contribution >= 0.6 is 24.0 Å². The van der Waals surface area contributed by atoms with Gasteiger partial charge in [-0.1, -0.05) is 31.2 Å². The van der Waals surface area contributed by atoms with Gasteiger partial charge >= 0.3 is 0 Å². The first kappa shape index (κ1) is 27.4. The second-order valence-corrected chi connectivity index (χ2v) is 7.15. The van der Waals surface area contributed by atoms with Crippen molar-refractivity contribution in [2.75, 3.05) is 25.5 Å². The smallest absolute Gasteiger partial charge is 0.251 e. The van der Waals surface area contributed by atoms with Gasteiger partial charge in [0.1, 0.15) is 0 Å². The summed E-state index contributed by atoms with van der Waals surface area (Å²) in [7, 11) is 1.63. The zero-order valence-corrected chi connectivity index (χ0v) is 21.4. The molecule has 8 heteroatoms. The van der Waals surface area contributed by atoms with E-state index in [-0.39, 0.29) is 35.8 Å². The fourth-order valence-corrected chi connectivity index (χ4v) is 3.05. The number of aliphatic imine (C=N–C) groups is 1. The van der Waals surface area contributed by atoms with Crippen molar-refractivity contribution < 1.29 is 9.59 Å². The van der Waals surface area contributed by atoms with Crippen molar-refractivity contribution in [2.45, 2.75) is 39.7 Å². The minimum atomic E-state index is -0.0853. The van der Waals surface area contributed by atoms with Crippen molar-refractivity contribution in [1.29, 1.82) is 0 Å². The van der Waals surface area contributed by atoms with Crippen LogP contribution in [0.5, 0.6) is 0 Å². The fourth-order valence-electron chi connectivity index (χ4n) is 3.05. The standard InChI is InChI=1S/C24H33N5O2.HI/c1-4-8-22(30)29-21-12-7-10-19(16-21)17-28-24(26-5-2)27-14-13-18-9-6-11-20(15-18)23(31)25-3;/h6-7,9-12,15-16H,4-5,8,13-14,17H2,1-3H3,(H,25,31)(H,29,30)(H2,26,27,28);1H. The first-order valence-electron chi connectivity index (χ1n) is 10.8. The quantitative estimate of drug-likeness (QED) is 0.206. The van der Waals surface area contributed by atoms with Gasteiger partial charge in [-0.25, -0.2) is 4.99 Å². The lowest BCUT2D eigenvalue weighted by molar-refractivity contribution is -0.116. The van der Waals surface area contributed by atoms with Crippen LogP contribution in [-0.2, 0) is 17.8 Å². The van der Waals surface area contributed by atoms with E-state index in [2.05, 4.69) is 26.3 Å². The molecule has 2 aromatic rings. The Labute approximate surface area is 207 Å². The molecule has 0 saturated heterocycles. The molecule has 4 N–H and O–H groups in total. The van der Waals surface area contributed by atoms with Gasteiger partial charge in [-0.3, -0.25) is 9.59 Å². The predicted octanol–water partition coefficient (Wildman–Crippen LogP) is 3.70. The number of carbonyl (C=O) groups is 2. The largest absolute Gasteiger partial charge is 0.357 e. The molecule has 0 spiro atoms. The van der Waals surface area contributed by atoms with Crippen LogP contribution in [0.25, 0.3) is 0 Å². The van der Waals surface area contributed by atoms with E-state index in [1.807, 2.05) is 56.3 Å². The van der Waals surface area contributed by atoms with Gasteiger partial charge in [-0.05, 0) is 55.2 Å². The second-order valence-electron chi connectivity index (χ2n) is 7.15. The highest BCUT2D eigenvalue weighted by molar-refractivity contribution is 14.0. The number of guanidine groups is 1. The van der Waals surface area contributed by atoms with E-state index in [1.165, 1.54) is 0 Å². The minimum absolute atomic E-state index is 0. The van der Waals surface area contributed by atoms with Crippen molar-refractivity contribution >= 4 is 47.4 Å². The molecule has 174 valence electrons. The molecule has 0 bridgehead atoms. The van der Waals surface area contributed by atoms with Crippen LogP contribution in [0.15, 0.2) is 53.5 Å². The van der Waals surface area contributed by atoms with E-state index < -0.39 is 0 Å². The highest BCUT2D eigenvalue weighted by Gasteiger charge is 2.05. The van der Waals surface area contributed by atoms with Gasteiger partial charge in [-0.2, -0.15) is 0 Å². The Morgan fingerprint density at radius 2 is 1.72 bits per heavy atom. The van der Waals surface area contributed by atoms with Crippen LogP contribution in [-0.4, -0.2) is 37.9 Å². The molecule has 0 aliphatic carbocycles. The monoisotopic (exact) mass is 551 g/mol. The molecule has 0 fully saturated rings. The summed E-state index contributed by atoms with van der Waals surface area (Å²) >= 11 is 0. The summed E-state index contributed by atoms with van der Waals surface area (Å²) in [6, 6.07) is 15.4. The van der Waals surface area contributed by atoms with E-state index in [4.69, 9.17) is 0 Å². The Kier molecular flexibility index (Phi) is 13.0. The van der Waals surface area contributed by atoms with Gasteiger partial charge in [0.15, 0.2) is 5.96 Å². The van der Waals surface area contributed by atoms with Crippen molar-refractivity contribution in [1.82, 2.24) is 16.0 Å². The fraction of sp³-hybridized carbons (Fsp3) is 0.375. The van der Waals surface area contributed by atoms with Crippen LogP contribution in [0.1, 0.15) is 48.2 Å². The topological polar surface area (TPSA) is 94.6 Å². The van der Waals surface area contributed by atoms with E-state index in [0.717, 1.165) is 42.2 Å². The second kappa shape index (κ2) is 15.2. The summed E-state index contributed by atoms with van der Waals surface area (Å²) in [6.45, 7) is 5.95. The lowest BCUT2D eigenvalue weighted by Gasteiger charge is -2.12.